The summed E-state index contributed by atoms with van der Waals surface area (Å²) in [6.45, 7) is 0.610. The maximum absolute atomic E-state index is 12.4. The van der Waals surface area contributed by atoms with Gasteiger partial charge in [0.15, 0.2) is 5.78 Å². The molecule has 0 N–H and O–H groups in total. The zero-order valence-electron chi connectivity index (χ0n) is 10.3. The van der Waals surface area contributed by atoms with Crippen LogP contribution < -0.4 is 0 Å². The second-order valence-electron chi connectivity index (χ2n) is 4.55. The third kappa shape index (κ3) is 2.73. The SMILES string of the molecule is O=C(Cc1ccc(Cl)s1)C1OCCc2ccccc21. The first-order valence-electron chi connectivity index (χ1n) is 6.20. The smallest absolute Gasteiger partial charge is 0.171 e. The molecule has 2 nitrogen and oxygen atoms in total. The van der Waals surface area contributed by atoms with Gasteiger partial charge in [-0.15, -0.1) is 11.3 Å². The van der Waals surface area contributed by atoms with E-state index in [1.165, 1.54) is 16.9 Å². The van der Waals surface area contributed by atoms with Crippen LogP contribution >= 0.6 is 22.9 Å². The zero-order valence-corrected chi connectivity index (χ0v) is 11.8. The fourth-order valence-corrected chi connectivity index (χ4v) is 3.47. The molecule has 0 aliphatic carbocycles. The van der Waals surface area contributed by atoms with Gasteiger partial charge in [0.1, 0.15) is 6.10 Å². The molecule has 98 valence electrons. The summed E-state index contributed by atoms with van der Waals surface area (Å²) in [6, 6.07) is 11.7. The van der Waals surface area contributed by atoms with Crippen molar-refractivity contribution in [2.24, 2.45) is 0 Å². The van der Waals surface area contributed by atoms with Crippen molar-refractivity contribution in [1.82, 2.24) is 0 Å². The van der Waals surface area contributed by atoms with E-state index in [-0.39, 0.29) is 5.78 Å². The van der Waals surface area contributed by atoms with Gasteiger partial charge >= 0.3 is 0 Å². The number of ketones is 1. The molecule has 0 bridgehead atoms. The van der Waals surface area contributed by atoms with Gasteiger partial charge < -0.3 is 4.74 Å². The van der Waals surface area contributed by atoms with Crippen molar-refractivity contribution in [3.63, 3.8) is 0 Å². The fraction of sp³-hybridized carbons (Fsp3) is 0.267. The van der Waals surface area contributed by atoms with Gasteiger partial charge in [0, 0.05) is 11.3 Å². The minimum absolute atomic E-state index is 0.102. The Labute approximate surface area is 121 Å². The molecule has 19 heavy (non-hydrogen) atoms. The Morgan fingerprint density at radius 1 is 1.32 bits per heavy atom. The van der Waals surface area contributed by atoms with Crippen molar-refractivity contribution in [2.45, 2.75) is 18.9 Å². The molecule has 1 aliphatic rings. The van der Waals surface area contributed by atoms with Crippen LogP contribution in [0.5, 0.6) is 0 Å². The van der Waals surface area contributed by atoms with Crippen LogP contribution in [0.2, 0.25) is 4.34 Å². The number of carbonyl (C=O) groups is 1. The van der Waals surface area contributed by atoms with Gasteiger partial charge in [-0.05, 0) is 29.7 Å². The Hall–Kier alpha value is -1.16. The molecule has 2 heterocycles. The predicted octanol–water partition coefficient (Wildman–Crippen LogP) is 3.83. The minimum atomic E-state index is -0.425. The molecule has 0 saturated carbocycles. The summed E-state index contributed by atoms with van der Waals surface area (Å²) in [6.07, 6.45) is 0.840. The molecule has 1 atom stereocenters. The summed E-state index contributed by atoms with van der Waals surface area (Å²) in [5, 5.41) is 0. The van der Waals surface area contributed by atoms with Gasteiger partial charge in [-0.2, -0.15) is 0 Å². The molecular weight excluding hydrogens is 280 g/mol. The van der Waals surface area contributed by atoms with Gasteiger partial charge in [-0.25, -0.2) is 0 Å². The first-order chi connectivity index (χ1) is 9.24. The lowest BCUT2D eigenvalue weighted by Crippen LogP contribution is -2.24. The van der Waals surface area contributed by atoms with Crippen LogP contribution in [0.25, 0.3) is 0 Å². The van der Waals surface area contributed by atoms with E-state index in [4.69, 9.17) is 16.3 Å². The van der Waals surface area contributed by atoms with E-state index in [0.29, 0.717) is 17.4 Å². The number of hydrogen-bond donors (Lipinski definition) is 0. The number of thiophene rings is 1. The second-order valence-corrected chi connectivity index (χ2v) is 6.35. The number of carbonyl (C=O) groups excluding carboxylic acids is 1. The molecule has 0 saturated heterocycles. The lowest BCUT2D eigenvalue weighted by Gasteiger charge is -2.24. The van der Waals surface area contributed by atoms with Crippen molar-refractivity contribution in [3.05, 3.63) is 56.7 Å². The summed E-state index contributed by atoms with van der Waals surface area (Å²) in [4.78, 5) is 13.4. The van der Waals surface area contributed by atoms with Crippen molar-refractivity contribution >= 4 is 28.7 Å². The molecular formula is C15H13ClO2S. The predicted molar refractivity (Wildman–Crippen MR) is 76.9 cm³/mol. The largest absolute Gasteiger partial charge is 0.365 e. The van der Waals surface area contributed by atoms with Crippen LogP contribution in [0.15, 0.2) is 36.4 Å². The Morgan fingerprint density at radius 2 is 2.16 bits per heavy atom. The van der Waals surface area contributed by atoms with Gasteiger partial charge in [-0.1, -0.05) is 35.9 Å². The fourth-order valence-electron chi connectivity index (χ4n) is 2.37. The molecule has 1 aromatic heterocycles. The first kappa shape index (κ1) is 12.9. The first-order valence-corrected chi connectivity index (χ1v) is 7.40. The normalized spacial score (nSPS) is 18.1. The lowest BCUT2D eigenvalue weighted by atomic mass is 9.94. The van der Waals surface area contributed by atoms with Crippen molar-refractivity contribution in [3.8, 4) is 0 Å². The third-order valence-corrected chi connectivity index (χ3v) is 4.49. The number of Topliss-reactive ketones (excluding diaryl/α,β-unsaturated/α-hetero) is 1. The Kier molecular flexibility index (Phi) is 3.69. The molecule has 0 amide bonds. The Bertz CT molecular complexity index is 606. The topological polar surface area (TPSA) is 26.3 Å². The number of fused-ring (bicyclic) bond motifs is 1. The molecule has 0 spiro atoms. The number of ether oxygens (including phenoxy) is 1. The number of benzene rings is 1. The zero-order chi connectivity index (χ0) is 13.2. The maximum atomic E-state index is 12.4. The van der Waals surface area contributed by atoms with Crippen LogP contribution in [0.4, 0.5) is 0 Å². The molecule has 2 aromatic rings. The number of hydrogen-bond acceptors (Lipinski definition) is 3. The highest BCUT2D eigenvalue weighted by Gasteiger charge is 2.27. The molecule has 4 heteroatoms. The lowest BCUT2D eigenvalue weighted by molar-refractivity contribution is -0.131. The Morgan fingerprint density at radius 3 is 2.95 bits per heavy atom. The highest BCUT2D eigenvalue weighted by molar-refractivity contribution is 7.16. The van der Waals surface area contributed by atoms with E-state index in [1.54, 1.807) is 0 Å². The highest BCUT2D eigenvalue weighted by Crippen LogP contribution is 2.30. The Balaban J connectivity index is 1.81. The third-order valence-electron chi connectivity index (χ3n) is 3.26. The van der Waals surface area contributed by atoms with E-state index in [2.05, 4.69) is 6.07 Å². The molecule has 1 aliphatic heterocycles. The molecule has 1 aromatic carbocycles. The van der Waals surface area contributed by atoms with Crippen LogP contribution in [-0.4, -0.2) is 12.4 Å². The molecule has 0 fully saturated rings. The van der Waals surface area contributed by atoms with E-state index >= 15 is 0 Å². The summed E-state index contributed by atoms with van der Waals surface area (Å²) in [7, 11) is 0. The van der Waals surface area contributed by atoms with E-state index in [1.807, 2.05) is 30.3 Å². The van der Waals surface area contributed by atoms with Crippen LogP contribution in [0.3, 0.4) is 0 Å². The summed E-state index contributed by atoms with van der Waals surface area (Å²) in [5.41, 5.74) is 2.23. The standard InChI is InChI=1S/C15H13ClO2S/c16-14-6-5-11(19-14)9-13(17)15-12-4-2-1-3-10(12)7-8-18-15/h1-6,15H,7-9H2. The van der Waals surface area contributed by atoms with Gasteiger partial charge in [0.25, 0.3) is 0 Å². The quantitative estimate of drug-likeness (QED) is 0.859. The maximum Gasteiger partial charge on any atom is 0.171 e. The number of halogens is 1. The van der Waals surface area contributed by atoms with E-state index in [9.17, 15) is 4.79 Å². The molecule has 0 radical (unpaired) electrons. The summed E-state index contributed by atoms with van der Waals surface area (Å²) < 4.78 is 6.38. The average molecular weight is 293 g/mol. The average Bonchev–Trinajstić information content (AvgIpc) is 2.83. The van der Waals surface area contributed by atoms with Crippen molar-refractivity contribution in [1.29, 1.82) is 0 Å². The summed E-state index contributed by atoms with van der Waals surface area (Å²) >= 11 is 7.34. The molecule has 3 rings (SSSR count). The van der Waals surface area contributed by atoms with Gasteiger partial charge in [0.2, 0.25) is 0 Å². The van der Waals surface area contributed by atoms with Gasteiger partial charge in [0.05, 0.1) is 10.9 Å². The van der Waals surface area contributed by atoms with Gasteiger partial charge in [-0.3, -0.25) is 4.79 Å². The van der Waals surface area contributed by atoms with Crippen molar-refractivity contribution < 1.29 is 9.53 Å². The van der Waals surface area contributed by atoms with Crippen LogP contribution in [-0.2, 0) is 22.4 Å². The van der Waals surface area contributed by atoms with Crippen LogP contribution in [0, 0.1) is 0 Å². The summed E-state index contributed by atoms with van der Waals surface area (Å²) in [5.74, 6) is 0.102. The van der Waals surface area contributed by atoms with E-state index < -0.39 is 6.10 Å². The van der Waals surface area contributed by atoms with Crippen molar-refractivity contribution in [2.75, 3.05) is 6.61 Å². The minimum Gasteiger partial charge on any atom is -0.365 e. The van der Waals surface area contributed by atoms with Crippen LogP contribution in [0.1, 0.15) is 22.1 Å². The number of rotatable bonds is 3. The highest BCUT2D eigenvalue weighted by atomic mass is 35.5. The monoisotopic (exact) mass is 292 g/mol. The van der Waals surface area contributed by atoms with E-state index in [0.717, 1.165) is 16.9 Å². The molecule has 1 unspecified atom stereocenters. The second kappa shape index (κ2) is 5.45.